The van der Waals surface area contributed by atoms with Crippen molar-refractivity contribution in [2.75, 3.05) is 19.4 Å². The van der Waals surface area contributed by atoms with Crippen LogP contribution in [0.4, 0.5) is 10.1 Å². The van der Waals surface area contributed by atoms with Crippen LogP contribution in [0, 0.1) is 5.82 Å². The van der Waals surface area contributed by atoms with Gasteiger partial charge in [0, 0.05) is 23.2 Å². The average Bonchev–Trinajstić information content (AvgIpc) is 2.41. The monoisotopic (exact) mass is 336 g/mol. The second-order valence-electron chi connectivity index (χ2n) is 4.98. The van der Waals surface area contributed by atoms with E-state index < -0.39 is 0 Å². The van der Waals surface area contributed by atoms with Crippen molar-refractivity contribution in [3.8, 4) is 0 Å². The van der Waals surface area contributed by atoms with Crippen molar-refractivity contribution in [3.63, 3.8) is 0 Å². The van der Waals surface area contributed by atoms with Gasteiger partial charge in [0.25, 0.3) is 0 Å². The smallest absolute Gasteiger partial charge is 0.123 e. The van der Waals surface area contributed by atoms with E-state index in [-0.39, 0.29) is 5.82 Å². The van der Waals surface area contributed by atoms with Crippen molar-refractivity contribution in [2.45, 2.75) is 13.1 Å². The molecule has 0 heterocycles. The van der Waals surface area contributed by atoms with Gasteiger partial charge in [0.2, 0.25) is 0 Å². The van der Waals surface area contributed by atoms with E-state index in [1.807, 2.05) is 32.3 Å². The Morgan fingerprint density at radius 2 is 1.85 bits per heavy atom. The highest BCUT2D eigenvalue weighted by molar-refractivity contribution is 9.10. The van der Waals surface area contributed by atoms with E-state index >= 15 is 0 Å². The SMILES string of the molecule is CN(C)Cc1ccccc1NCc1cc(F)ccc1Br. The van der Waals surface area contributed by atoms with E-state index in [0.717, 1.165) is 22.3 Å². The number of hydrogen-bond acceptors (Lipinski definition) is 2. The van der Waals surface area contributed by atoms with Crippen LogP contribution >= 0.6 is 15.9 Å². The van der Waals surface area contributed by atoms with Gasteiger partial charge in [-0.3, -0.25) is 0 Å². The average molecular weight is 337 g/mol. The van der Waals surface area contributed by atoms with E-state index in [1.165, 1.54) is 11.6 Å². The fourth-order valence-electron chi connectivity index (χ4n) is 2.04. The van der Waals surface area contributed by atoms with Gasteiger partial charge in [-0.1, -0.05) is 34.1 Å². The van der Waals surface area contributed by atoms with E-state index in [0.29, 0.717) is 6.54 Å². The van der Waals surface area contributed by atoms with Crippen LogP contribution in [-0.4, -0.2) is 19.0 Å². The first-order valence-electron chi connectivity index (χ1n) is 6.46. The summed E-state index contributed by atoms with van der Waals surface area (Å²) in [6.45, 7) is 1.45. The third-order valence-corrected chi connectivity index (χ3v) is 3.75. The van der Waals surface area contributed by atoms with E-state index in [9.17, 15) is 4.39 Å². The molecule has 2 rings (SSSR count). The number of rotatable bonds is 5. The maximum Gasteiger partial charge on any atom is 0.123 e. The van der Waals surface area contributed by atoms with Gasteiger partial charge in [-0.25, -0.2) is 4.39 Å². The largest absolute Gasteiger partial charge is 0.381 e. The molecule has 0 saturated carbocycles. The molecule has 0 aliphatic carbocycles. The van der Waals surface area contributed by atoms with Gasteiger partial charge in [-0.05, 0) is 49.5 Å². The number of hydrogen-bond donors (Lipinski definition) is 1. The molecule has 0 aromatic heterocycles. The normalized spacial score (nSPS) is 10.8. The maximum atomic E-state index is 13.3. The Morgan fingerprint density at radius 3 is 2.60 bits per heavy atom. The summed E-state index contributed by atoms with van der Waals surface area (Å²) in [4.78, 5) is 2.12. The van der Waals surface area contributed by atoms with Crippen molar-refractivity contribution in [3.05, 3.63) is 63.9 Å². The lowest BCUT2D eigenvalue weighted by molar-refractivity contribution is 0.403. The van der Waals surface area contributed by atoms with Crippen molar-refractivity contribution in [2.24, 2.45) is 0 Å². The molecule has 0 saturated heterocycles. The minimum absolute atomic E-state index is 0.216. The van der Waals surface area contributed by atoms with Gasteiger partial charge in [0.1, 0.15) is 5.82 Å². The molecule has 0 atom stereocenters. The van der Waals surface area contributed by atoms with Crippen LogP contribution in [0.2, 0.25) is 0 Å². The van der Waals surface area contributed by atoms with E-state index in [4.69, 9.17) is 0 Å². The van der Waals surface area contributed by atoms with Crippen LogP contribution in [0.1, 0.15) is 11.1 Å². The number of para-hydroxylation sites is 1. The predicted octanol–water partition coefficient (Wildman–Crippen LogP) is 4.26. The van der Waals surface area contributed by atoms with Crippen LogP contribution < -0.4 is 5.32 Å². The Balaban J connectivity index is 2.12. The number of nitrogens with zero attached hydrogens (tertiary/aromatic N) is 1. The van der Waals surface area contributed by atoms with Crippen molar-refractivity contribution >= 4 is 21.6 Å². The van der Waals surface area contributed by atoms with Crippen LogP contribution in [0.3, 0.4) is 0 Å². The quantitative estimate of drug-likeness (QED) is 0.877. The summed E-state index contributed by atoms with van der Waals surface area (Å²) >= 11 is 3.45. The lowest BCUT2D eigenvalue weighted by atomic mass is 10.1. The zero-order valence-electron chi connectivity index (χ0n) is 11.7. The summed E-state index contributed by atoms with van der Waals surface area (Å²) in [6, 6.07) is 12.9. The molecule has 1 N–H and O–H groups in total. The summed E-state index contributed by atoms with van der Waals surface area (Å²) in [5.41, 5.74) is 3.21. The number of anilines is 1. The first-order chi connectivity index (χ1) is 9.56. The Kier molecular flexibility index (Phi) is 5.15. The van der Waals surface area contributed by atoms with Crippen LogP contribution in [0.5, 0.6) is 0 Å². The molecular formula is C16H18BrFN2. The van der Waals surface area contributed by atoms with Crippen molar-refractivity contribution in [1.29, 1.82) is 0 Å². The molecule has 20 heavy (non-hydrogen) atoms. The molecule has 0 radical (unpaired) electrons. The molecule has 0 spiro atoms. The maximum absolute atomic E-state index is 13.3. The molecule has 4 heteroatoms. The summed E-state index contributed by atoms with van der Waals surface area (Å²) < 4.78 is 14.2. The Hall–Kier alpha value is -1.39. The van der Waals surface area contributed by atoms with Crippen LogP contribution in [-0.2, 0) is 13.1 Å². The first-order valence-corrected chi connectivity index (χ1v) is 7.26. The Morgan fingerprint density at radius 1 is 1.10 bits per heavy atom. The minimum atomic E-state index is -0.216. The highest BCUT2D eigenvalue weighted by atomic mass is 79.9. The first kappa shape index (κ1) is 15.0. The van der Waals surface area contributed by atoms with Gasteiger partial charge in [0.05, 0.1) is 0 Å². The fourth-order valence-corrected chi connectivity index (χ4v) is 2.43. The van der Waals surface area contributed by atoms with Gasteiger partial charge in [-0.15, -0.1) is 0 Å². The molecule has 0 bridgehead atoms. The molecule has 2 aromatic rings. The third-order valence-electron chi connectivity index (χ3n) is 2.98. The highest BCUT2D eigenvalue weighted by Crippen LogP contribution is 2.21. The molecule has 106 valence electrons. The molecular weight excluding hydrogens is 319 g/mol. The Bertz CT molecular complexity index is 584. The second kappa shape index (κ2) is 6.86. The van der Waals surface area contributed by atoms with Crippen LogP contribution in [0.25, 0.3) is 0 Å². The minimum Gasteiger partial charge on any atom is -0.381 e. The van der Waals surface area contributed by atoms with Crippen LogP contribution in [0.15, 0.2) is 46.9 Å². The summed E-state index contributed by atoms with van der Waals surface area (Å²) in [7, 11) is 4.08. The van der Waals surface area contributed by atoms with E-state index in [1.54, 1.807) is 12.1 Å². The number of halogens is 2. The van der Waals surface area contributed by atoms with Gasteiger partial charge in [0.15, 0.2) is 0 Å². The molecule has 0 aliphatic rings. The zero-order chi connectivity index (χ0) is 14.5. The van der Waals surface area contributed by atoms with Gasteiger partial charge in [-0.2, -0.15) is 0 Å². The molecule has 0 aliphatic heterocycles. The highest BCUT2D eigenvalue weighted by Gasteiger charge is 2.05. The molecule has 2 nitrogen and oxygen atoms in total. The summed E-state index contributed by atoms with van der Waals surface area (Å²) in [6.07, 6.45) is 0. The molecule has 2 aromatic carbocycles. The fraction of sp³-hybridized carbons (Fsp3) is 0.250. The standard InChI is InChI=1S/C16H18BrFN2/c1-20(2)11-12-5-3-4-6-16(12)19-10-13-9-14(18)7-8-15(13)17/h3-9,19H,10-11H2,1-2H3. The second-order valence-corrected chi connectivity index (χ2v) is 5.84. The van der Waals surface area contributed by atoms with Crippen molar-refractivity contribution in [1.82, 2.24) is 4.90 Å². The lowest BCUT2D eigenvalue weighted by Gasteiger charge is -2.16. The summed E-state index contributed by atoms with van der Waals surface area (Å²) in [5, 5.41) is 3.38. The lowest BCUT2D eigenvalue weighted by Crippen LogP contribution is -2.13. The Labute approximate surface area is 127 Å². The van der Waals surface area contributed by atoms with Crippen molar-refractivity contribution < 1.29 is 4.39 Å². The zero-order valence-corrected chi connectivity index (χ0v) is 13.2. The predicted molar refractivity (Wildman–Crippen MR) is 85.3 cm³/mol. The molecule has 0 unspecified atom stereocenters. The third kappa shape index (κ3) is 4.05. The molecule has 0 fully saturated rings. The number of nitrogens with one attached hydrogen (secondary N) is 1. The van der Waals surface area contributed by atoms with E-state index in [2.05, 4.69) is 32.2 Å². The van der Waals surface area contributed by atoms with Gasteiger partial charge < -0.3 is 10.2 Å². The van der Waals surface area contributed by atoms with Gasteiger partial charge >= 0.3 is 0 Å². The topological polar surface area (TPSA) is 15.3 Å². The number of benzene rings is 2. The summed E-state index contributed by atoms with van der Waals surface area (Å²) in [5.74, 6) is -0.216. The molecule has 0 amide bonds.